The smallest absolute Gasteiger partial charge is 0.507 e. The molecule has 0 amide bonds. The quantitative estimate of drug-likeness (QED) is 0.155. The molecule has 0 unspecified atom stereocenters. The standard InChI is InChI=1S/C43H42N4O.Pt/c1-28(2)32-24-36(29(3)4)42(37(25-32)30(5)6)45-26-38(44-43(45)35-19-10-13-22-41(35)48)31-15-14-18-34(23-31)47-27-46(33-16-8-7-9-17-33)39-20-11-12-21-40(39)47;/h7-22,24-30,48H,1-6H3;/q-2;+2. The van der Waals surface area contributed by atoms with Gasteiger partial charge < -0.3 is 19.5 Å². The van der Waals surface area contributed by atoms with Gasteiger partial charge >= 0.3 is 21.1 Å². The van der Waals surface area contributed by atoms with Crippen LogP contribution >= 0.6 is 0 Å². The van der Waals surface area contributed by atoms with E-state index in [1.807, 2.05) is 24.3 Å². The number of phenols is 1. The molecule has 1 aromatic heterocycles. The van der Waals surface area contributed by atoms with Gasteiger partial charge in [0.15, 0.2) is 0 Å². The average molecular weight is 826 g/mol. The van der Waals surface area contributed by atoms with Crippen LogP contribution in [0, 0.1) is 12.7 Å². The van der Waals surface area contributed by atoms with E-state index in [-0.39, 0.29) is 38.7 Å². The van der Waals surface area contributed by atoms with Crippen molar-refractivity contribution in [2.45, 2.75) is 59.3 Å². The van der Waals surface area contributed by atoms with Gasteiger partial charge in [0.1, 0.15) is 11.6 Å². The number of fused-ring (bicyclic) bond motifs is 1. The fourth-order valence-electron chi connectivity index (χ4n) is 6.57. The number of aromatic hydroxyl groups is 1. The van der Waals surface area contributed by atoms with Crippen molar-refractivity contribution in [2.75, 3.05) is 9.80 Å². The van der Waals surface area contributed by atoms with Gasteiger partial charge in [-0.3, -0.25) is 4.98 Å². The van der Waals surface area contributed by atoms with Gasteiger partial charge in [-0.15, -0.1) is 36.5 Å². The molecule has 1 aliphatic rings. The van der Waals surface area contributed by atoms with Crippen LogP contribution in [0.25, 0.3) is 28.3 Å². The second-order valence-corrected chi connectivity index (χ2v) is 13.5. The largest absolute Gasteiger partial charge is 2.00 e. The topological polar surface area (TPSA) is 44.5 Å². The third-order valence-corrected chi connectivity index (χ3v) is 9.17. The van der Waals surface area contributed by atoms with Crippen LogP contribution in [0.2, 0.25) is 0 Å². The van der Waals surface area contributed by atoms with Crippen molar-refractivity contribution in [1.82, 2.24) is 9.55 Å². The maximum Gasteiger partial charge on any atom is 2.00 e. The molecule has 0 radical (unpaired) electrons. The number of rotatable bonds is 8. The van der Waals surface area contributed by atoms with E-state index in [0.29, 0.717) is 17.3 Å². The first-order valence-corrected chi connectivity index (χ1v) is 16.9. The Hall–Kier alpha value is -4.60. The molecule has 5 aromatic carbocycles. The van der Waals surface area contributed by atoms with Gasteiger partial charge in [0.25, 0.3) is 0 Å². The van der Waals surface area contributed by atoms with E-state index in [2.05, 4.69) is 154 Å². The molecular formula is C43H42N4OPt. The molecule has 6 aromatic rings. The molecule has 0 spiro atoms. The molecule has 1 aliphatic heterocycles. The molecule has 250 valence electrons. The molecule has 0 aliphatic carbocycles. The van der Waals surface area contributed by atoms with Crippen LogP contribution in [0.15, 0.2) is 115 Å². The summed E-state index contributed by atoms with van der Waals surface area (Å²) in [5, 5.41) is 11.1. The normalized spacial score (nSPS) is 12.6. The summed E-state index contributed by atoms with van der Waals surface area (Å²) in [6, 6.07) is 40.9. The Kier molecular flexibility index (Phi) is 9.86. The summed E-state index contributed by atoms with van der Waals surface area (Å²) in [7, 11) is 0. The van der Waals surface area contributed by atoms with Crippen molar-refractivity contribution in [1.29, 1.82) is 0 Å². The van der Waals surface area contributed by atoms with E-state index in [9.17, 15) is 5.11 Å². The second kappa shape index (κ2) is 14.1. The van der Waals surface area contributed by atoms with Crippen molar-refractivity contribution >= 4 is 22.7 Å². The Morgan fingerprint density at radius 1 is 0.673 bits per heavy atom. The number of anilines is 4. The number of benzene rings is 5. The Morgan fingerprint density at radius 3 is 1.92 bits per heavy atom. The molecule has 0 fully saturated rings. The Bertz CT molecular complexity index is 2050. The minimum absolute atomic E-state index is 0. The molecule has 2 heterocycles. The van der Waals surface area contributed by atoms with Gasteiger partial charge in [-0.25, -0.2) is 0 Å². The molecule has 49 heavy (non-hydrogen) atoms. The molecule has 0 saturated heterocycles. The third kappa shape index (κ3) is 6.45. The van der Waals surface area contributed by atoms with Crippen molar-refractivity contribution in [3.8, 4) is 34.1 Å². The predicted octanol–water partition coefficient (Wildman–Crippen LogP) is 11.5. The van der Waals surface area contributed by atoms with E-state index in [1.54, 1.807) is 6.07 Å². The summed E-state index contributed by atoms with van der Waals surface area (Å²) >= 11 is 0. The number of nitrogens with zero attached hydrogens (tertiary/aromatic N) is 4. The van der Waals surface area contributed by atoms with E-state index in [0.717, 1.165) is 39.7 Å². The zero-order valence-electron chi connectivity index (χ0n) is 28.8. The summed E-state index contributed by atoms with van der Waals surface area (Å²) in [4.78, 5) is 9.65. The van der Waals surface area contributed by atoms with Crippen molar-refractivity contribution in [2.24, 2.45) is 0 Å². The van der Waals surface area contributed by atoms with Gasteiger partial charge in [-0.05, 0) is 77.0 Å². The summed E-state index contributed by atoms with van der Waals surface area (Å²) in [5.41, 5.74) is 11.6. The Morgan fingerprint density at radius 2 is 1.29 bits per heavy atom. The van der Waals surface area contributed by atoms with E-state index < -0.39 is 0 Å². The van der Waals surface area contributed by atoms with Gasteiger partial charge in [0.05, 0.1) is 11.3 Å². The van der Waals surface area contributed by atoms with Gasteiger partial charge in [0, 0.05) is 22.8 Å². The van der Waals surface area contributed by atoms with E-state index in [4.69, 9.17) is 4.98 Å². The summed E-state index contributed by atoms with van der Waals surface area (Å²) in [6.45, 7) is 15.7. The molecule has 0 atom stereocenters. The maximum atomic E-state index is 11.1. The molecule has 1 N–H and O–H groups in total. The van der Waals surface area contributed by atoms with Gasteiger partial charge in [0.2, 0.25) is 0 Å². The Labute approximate surface area is 305 Å². The molecule has 0 bridgehead atoms. The number of phenolic OH excluding ortho intramolecular Hbond substituents is 1. The first kappa shape index (κ1) is 34.3. The van der Waals surface area contributed by atoms with E-state index in [1.165, 1.54) is 16.7 Å². The minimum Gasteiger partial charge on any atom is -0.507 e. The molecular weight excluding hydrogens is 784 g/mol. The molecule has 0 saturated carbocycles. The average Bonchev–Trinajstić information content (AvgIpc) is 3.71. The Balaban J connectivity index is 0.00000417. The second-order valence-electron chi connectivity index (χ2n) is 13.5. The van der Waals surface area contributed by atoms with Crippen molar-refractivity contribution in [3.05, 3.63) is 145 Å². The number of hydrogen-bond donors (Lipinski definition) is 1. The number of imidazole rings is 1. The van der Waals surface area contributed by atoms with Gasteiger partial charge in [-0.1, -0.05) is 102 Å². The van der Waals surface area contributed by atoms with Crippen LogP contribution in [-0.2, 0) is 21.1 Å². The van der Waals surface area contributed by atoms with Crippen LogP contribution < -0.4 is 9.80 Å². The third-order valence-electron chi connectivity index (χ3n) is 9.17. The SMILES string of the molecule is CC(C)c1cc(C(C)C)c(-n2cc(-c3[c-]c(N4[CH-]N(c5ccccc5)c5ccccc54)ccc3)nc2-c2ccccc2O)c(C(C)C)c1.[Pt+2]. The van der Waals surface area contributed by atoms with Crippen molar-refractivity contribution < 1.29 is 26.2 Å². The summed E-state index contributed by atoms with van der Waals surface area (Å²) in [6.07, 6.45) is 2.12. The number of para-hydroxylation sites is 4. The fraction of sp³-hybridized carbons (Fsp3) is 0.209. The van der Waals surface area contributed by atoms with Crippen LogP contribution in [-0.4, -0.2) is 14.7 Å². The van der Waals surface area contributed by atoms with Crippen LogP contribution in [0.4, 0.5) is 22.7 Å². The monoisotopic (exact) mass is 825 g/mol. The molecule has 6 heteroatoms. The van der Waals surface area contributed by atoms with Crippen LogP contribution in [0.3, 0.4) is 0 Å². The van der Waals surface area contributed by atoms with Gasteiger partial charge in [-0.2, -0.15) is 0 Å². The summed E-state index contributed by atoms with van der Waals surface area (Å²) in [5.74, 6) is 1.89. The zero-order valence-corrected chi connectivity index (χ0v) is 31.1. The number of hydrogen-bond acceptors (Lipinski definition) is 4. The molecule has 7 rings (SSSR count). The first-order chi connectivity index (χ1) is 23.2. The van der Waals surface area contributed by atoms with E-state index >= 15 is 0 Å². The molecule has 5 nitrogen and oxygen atoms in total. The predicted molar refractivity (Wildman–Crippen MR) is 199 cm³/mol. The van der Waals surface area contributed by atoms with Crippen LogP contribution in [0.5, 0.6) is 5.75 Å². The summed E-state index contributed by atoms with van der Waals surface area (Å²) < 4.78 is 2.20. The minimum atomic E-state index is 0. The fourth-order valence-corrected chi connectivity index (χ4v) is 6.57. The van der Waals surface area contributed by atoms with Crippen LogP contribution in [0.1, 0.15) is 76.0 Å². The zero-order chi connectivity index (χ0) is 33.5. The maximum absolute atomic E-state index is 11.1. The first-order valence-electron chi connectivity index (χ1n) is 16.9. The number of aromatic nitrogens is 2. The van der Waals surface area contributed by atoms with Crippen molar-refractivity contribution in [3.63, 3.8) is 0 Å².